The van der Waals surface area contributed by atoms with Crippen molar-refractivity contribution >= 4 is 0 Å². The lowest BCUT2D eigenvalue weighted by molar-refractivity contribution is -0.126. The lowest BCUT2D eigenvalue weighted by Gasteiger charge is -2.52. The number of likely N-dealkylation sites (tertiary alicyclic amines) is 1. The van der Waals surface area contributed by atoms with E-state index in [2.05, 4.69) is 60.4 Å². The van der Waals surface area contributed by atoms with Gasteiger partial charge in [0.2, 0.25) is 0 Å². The number of aryl methyl sites for hydroxylation is 1. The minimum atomic E-state index is -0.507. The normalized spacial score (nSPS) is 28.6. The van der Waals surface area contributed by atoms with Crippen molar-refractivity contribution in [2.75, 3.05) is 13.7 Å². The number of hydrogen-bond acceptors (Lipinski definition) is 3. The maximum atomic E-state index is 11.4. The summed E-state index contributed by atoms with van der Waals surface area (Å²) in [6, 6.07) is 17.6. The molecule has 2 aliphatic rings. The van der Waals surface area contributed by atoms with Crippen LogP contribution in [-0.4, -0.2) is 29.3 Å². The van der Waals surface area contributed by atoms with E-state index >= 15 is 0 Å². The van der Waals surface area contributed by atoms with E-state index in [-0.39, 0.29) is 6.04 Å². The molecule has 2 fully saturated rings. The van der Waals surface area contributed by atoms with Gasteiger partial charge in [-0.05, 0) is 49.4 Å². The first kappa shape index (κ1) is 18.5. The van der Waals surface area contributed by atoms with Crippen molar-refractivity contribution in [3.8, 4) is 5.75 Å². The van der Waals surface area contributed by atoms with Crippen molar-refractivity contribution < 1.29 is 9.84 Å². The number of aliphatic hydroxyl groups is 1. The zero-order valence-electron chi connectivity index (χ0n) is 16.5. The summed E-state index contributed by atoms with van der Waals surface area (Å²) in [6.45, 7) is 4.01. The molecule has 0 bridgehead atoms. The maximum absolute atomic E-state index is 11.4. The van der Waals surface area contributed by atoms with Crippen LogP contribution < -0.4 is 4.74 Å². The monoisotopic (exact) mass is 365 g/mol. The first-order valence-corrected chi connectivity index (χ1v) is 10.2. The summed E-state index contributed by atoms with van der Waals surface area (Å²) in [4.78, 5) is 2.58. The molecule has 0 radical (unpaired) electrons. The van der Waals surface area contributed by atoms with Crippen LogP contribution in [0.5, 0.6) is 5.75 Å². The highest BCUT2D eigenvalue weighted by Gasteiger charge is 2.48. The molecule has 1 N–H and O–H groups in total. The Bertz CT molecular complexity index is 755. The SMILES string of the molecule is COc1ccc([C@@H]2[C@H]3CCCC[C@@]3(O)CCN2Cc2ccc(C)cc2)cc1. The van der Waals surface area contributed by atoms with Gasteiger partial charge in [0.05, 0.1) is 12.7 Å². The Morgan fingerprint density at radius 1 is 1.04 bits per heavy atom. The third-order valence-electron chi connectivity index (χ3n) is 6.64. The summed E-state index contributed by atoms with van der Waals surface area (Å²) < 4.78 is 5.35. The minimum absolute atomic E-state index is 0.260. The number of hydrogen-bond donors (Lipinski definition) is 1. The van der Waals surface area contributed by atoms with Crippen molar-refractivity contribution in [3.63, 3.8) is 0 Å². The number of piperidine rings is 1. The van der Waals surface area contributed by atoms with Gasteiger partial charge in [0.15, 0.2) is 0 Å². The molecule has 144 valence electrons. The molecule has 4 rings (SSSR count). The van der Waals surface area contributed by atoms with E-state index in [1.165, 1.54) is 23.1 Å². The molecule has 0 aromatic heterocycles. The predicted octanol–water partition coefficient (Wildman–Crippen LogP) is 4.87. The van der Waals surface area contributed by atoms with Gasteiger partial charge in [-0.2, -0.15) is 0 Å². The Morgan fingerprint density at radius 3 is 2.48 bits per heavy atom. The predicted molar refractivity (Wildman–Crippen MR) is 109 cm³/mol. The van der Waals surface area contributed by atoms with Crippen molar-refractivity contribution in [1.29, 1.82) is 0 Å². The average molecular weight is 366 g/mol. The Morgan fingerprint density at radius 2 is 1.78 bits per heavy atom. The van der Waals surface area contributed by atoms with E-state index in [0.717, 1.165) is 44.5 Å². The lowest BCUT2D eigenvalue weighted by atomic mass is 9.66. The molecule has 2 aromatic rings. The van der Waals surface area contributed by atoms with Gasteiger partial charge in [0.1, 0.15) is 5.75 Å². The molecule has 0 amide bonds. The zero-order valence-corrected chi connectivity index (χ0v) is 16.5. The number of benzene rings is 2. The van der Waals surface area contributed by atoms with Crippen LogP contribution in [0.1, 0.15) is 54.8 Å². The molecule has 1 saturated carbocycles. The fourth-order valence-electron chi connectivity index (χ4n) is 5.09. The summed E-state index contributed by atoms with van der Waals surface area (Å²) in [6.07, 6.45) is 5.31. The highest BCUT2D eigenvalue weighted by Crippen LogP contribution is 2.49. The Kier molecular flexibility index (Phi) is 5.25. The Balaban J connectivity index is 1.66. The van der Waals surface area contributed by atoms with E-state index < -0.39 is 5.60 Å². The van der Waals surface area contributed by atoms with E-state index in [9.17, 15) is 5.11 Å². The molecule has 3 atom stereocenters. The molecular formula is C24H31NO2. The smallest absolute Gasteiger partial charge is 0.118 e. The second-order valence-electron chi connectivity index (χ2n) is 8.38. The topological polar surface area (TPSA) is 32.7 Å². The van der Waals surface area contributed by atoms with Crippen LogP contribution in [0, 0.1) is 12.8 Å². The van der Waals surface area contributed by atoms with E-state index in [4.69, 9.17) is 4.74 Å². The molecule has 1 aliphatic heterocycles. The molecule has 0 unspecified atom stereocenters. The summed E-state index contributed by atoms with van der Waals surface area (Å²) in [5.41, 5.74) is 3.44. The third-order valence-corrected chi connectivity index (χ3v) is 6.64. The van der Waals surface area contributed by atoms with E-state index in [0.29, 0.717) is 5.92 Å². The fraction of sp³-hybridized carbons (Fsp3) is 0.500. The number of fused-ring (bicyclic) bond motifs is 1. The minimum Gasteiger partial charge on any atom is -0.497 e. The van der Waals surface area contributed by atoms with Crippen molar-refractivity contribution in [2.45, 2.75) is 57.2 Å². The maximum Gasteiger partial charge on any atom is 0.118 e. The van der Waals surface area contributed by atoms with Crippen molar-refractivity contribution in [3.05, 3.63) is 65.2 Å². The Hall–Kier alpha value is -1.84. The summed E-state index contributed by atoms with van der Waals surface area (Å²) >= 11 is 0. The van der Waals surface area contributed by atoms with Crippen molar-refractivity contribution in [2.24, 2.45) is 5.92 Å². The molecule has 1 saturated heterocycles. The standard InChI is InChI=1S/C24H31NO2/c1-18-6-8-19(9-7-18)17-25-16-15-24(26)14-4-3-5-22(24)23(25)20-10-12-21(27-2)13-11-20/h6-13,22-23,26H,3-5,14-17H2,1-2H3/t22-,23-,24-/m1/s1. The van der Waals surface area contributed by atoms with Crippen molar-refractivity contribution in [1.82, 2.24) is 4.90 Å². The number of methoxy groups -OCH3 is 1. The molecule has 3 heteroatoms. The second-order valence-corrected chi connectivity index (χ2v) is 8.38. The molecule has 0 spiro atoms. The molecular weight excluding hydrogens is 334 g/mol. The van der Waals surface area contributed by atoms with Gasteiger partial charge >= 0.3 is 0 Å². The highest BCUT2D eigenvalue weighted by molar-refractivity contribution is 5.31. The van der Waals surface area contributed by atoms with E-state index in [1.54, 1.807) is 7.11 Å². The van der Waals surface area contributed by atoms with Crippen LogP contribution in [-0.2, 0) is 6.54 Å². The zero-order chi connectivity index (χ0) is 18.9. The highest BCUT2D eigenvalue weighted by atomic mass is 16.5. The molecule has 1 aliphatic carbocycles. The fourth-order valence-corrected chi connectivity index (χ4v) is 5.09. The first-order chi connectivity index (χ1) is 13.1. The van der Waals surface area contributed by atoms with Crippen LogP contribution in [0.4, 0.5) is 0 Å². The quantitative estimate of drug-likeness (QED) is 0.839. The summed E-state index contributed by atoms with van der Waals surface area (Å²) in [5, 5.41) is 11.4. The largest absolute Gasteiger partial charge is 0.497 e. The third kappa shape index (κ3) is 3.76. The lowest BCUT2D eigenvalue weighted by Crippen LogP contribution is -2.54. The average Bonchev–Trinajstić information content (AvgIpc) is 2.70. The second kappa shape index (κ2) is 7.65. The van der Waals surface area contributed by atoms with E-state index in [1.807, 2.05) is 0 Å². The van der Waals surface area contributed by atoms with Crippen LogP contribution in [0.3, 0.4) is 0 Å². The van der Waals surface area contributed by atoms with Crippen LogP contribution in [0.2, 0.25) is 0 Å². The first-order valence-electron chi connectivity index (χ1n) is 10.2. The van der Waals surface area contributed by atoms with Gasteiger partial charge in [0.25, 0.3) is 0 Å². The van der Waals surface area contributed by atoms with Crippen LogP contribution in [0.15, 0.2) is 48.5 Å². The Labute approximate surface area is 163 Å². The number of nitrogens with zero attached hydrogens (tertiary/aromatic N) is 1. The van der Waals surface area contributed by atoms with Crippen LogP contribution >= 0.6 is 0 Å². The van der Waals surface area contributed by atoms with Gasteiger partial charge in [-0.1, -0.05) is 54.8 Å². The molecule has 2 aromatic carbocycles. The molecule has 1 heterocycles. The van der Waals surface area contributed by atoms with Gasteiger partial charge in [0, 0.05) is 25.0 Å². The number of ether oxygens (including phenoxy) is 1. The number of rotatable bonds is 4. The van der Waals surface area contributed by atoms with Gasteiger partial charge in [-0.15, -0.1) is 0 Å². The molecule has 27 heavy (non-hydrogen) atoms. The summed E-state index contributed by atoms with van der Waals surface area (Å²) in [5.74, 6) is 1.19. The van der Waals surface area contributed by atoms with Gasteiger partial charge < -0.3 is 9.84 Å². The molecule has 3 nitrogen and oxygen atoms in total. The van der Waals surface area contributed by atoms with Crippen LogP contribution in [0.25, 0.3) is 0 Å². The summed E-state index contributed by atoms with van der Waals surface area (Å²) in [7, 11) is 1.71. The van der Waals surface area contributed by atoms with Gasteiger partial charge in [-0.3, -0.25) is 4.90 Å². The van der Waals surface area contributed by atoms with Gasteiger partial charge in [-0.25, -0.2) is 0 Å².